The van der Waals surface area contributed by atoms with Crippen LogP contribution in [0.2, 0.25) is 0 Å². The van der Waals surface area contributed by atoms with Crippen LogP contribution < -0.4 is 21.3 Å². The molecule has 0 bridgehead atoms. The molecular weight excluding hydrogens is 859 g/mol. The molecule has 4 aliphatic rings. The Hall–Kier alpha value is -6.12. The highest BCUT2D eigenvalue weighted by Crippen LogP contribution is 2.47. The fraction of sp³-hybridized carbons (Fsp3) is 0.467. The number of aryl methyl sites for hydroxylation is 1. The first-order chi connectivity index (χ1) is 31.0. The molecule has 2 fully saturated rings. The normalized spacial score (nSPS) is 21.9. The average Bonchev–Trinajstić information content (AvgIpc) is 3.83. The quantitative estimate of drug-likeness (QED) is 0.0617. The monoisotopic (exact) mass is 909 g/mol. The van der Waals surface area contributed by atoms with Gasteiger partial charge in [-0.05, 0) is 105 Å². The number of hydrogen-bond acceptors (Lipinski definition) is 10. The summed E-state index contributed by atoms with van der Waals surface area (Å²) in [6, 6.07) is 10.7. The number of nitrogens with one attached hydrogen (secondary N) is 4. The Kier molecular flexibility index (Phi) is 14.1. The van der Waals surface area contributed by atoms with Crippen LogP contribution in [0.5, 0.6) is 0 Å². The molecule has 7 amide bonds. The molecule has 3 aromatic rings. The minimum absolute atomic E-state index is 0.0871. The van der Waals surface area contributed by atoms with Gasteiger partial charge < -0.3 is 41.1 Å². The summed E-state index contributed by atoms with van der Waals surface area (Å²) in [6.45, 7) is 0.463. The van der Waals surface area contributed by atoms with Crippen molar-refractivity contribution in [3.8, 4) is 0 Å². The van der Waals surface area contributed by atoms with Crippen LogP contribution in [0.3, 0.4) is 0 Å². The number of fused-ring (bicyclic) bond motifs is 3. The van der Waals surface area contributed by atoms with Crippen molar-refractivity contribution in [1.29, 1.82) is 0 Å². The molecule has 6 N–H and O–H groups in total. The second-order valence-corrected chi connectivity index (χ2v) is 16.7. The molecule has 5 atom stereocenters. The molecule has 20 heteroatoms. The lowest BCUT2D eigenvalue weighted by molar-refractivity contribution is -0.194. The maximum absolute atomic E-state index is 13.8. The van der Waals surface area contributed by atoms with Crippen molar-refractivity contribution in [2.24, 2.45) is 0 Å². The van der Waals surface area contributed by atoms with Gasteiger partial charge in [0.25, 0.3) is 17.7 Å². The molecule has 1 spiro atoms. The summed E-state index contributed by atoms with van der Waals surface area (Å²) in [5, 5.41) is 31.7. The largest absolute Gasteiger partial charge is 0.408 e. The summed E-state index contributed by atoms with van der Waals surface area (Å²) >= 11 is 0. The molecule has 0 aromatic heterocycles. The number of aliphatic hydroxyl groups excluding tert-OH is 2. The van der Waals surface area contributed by atoms with E-state index in [0.29, 0.717) is 51.8 Å². The van der Waals surface area contributed by atoms with Gasteiger partial charge >= 0.3 is 12.2 Å². The third-order valence-corrected chi connectivity index (χ3v) is 12.3. The highest BCUT2D eigenvalue weighted by Gasteiger charge is 2.57. The Balaban J connectivity index is 0.805. The van der Waals surface area contributed by atoms with Crippen molar-refractivity contribution < 1.29 is 61.3 Å². The van der Waals surface area contributed by atoms with Crippen LogP contribution in [0.15, 0.2) is 60.7 Å². The number of carbonyl (C=O) groups excluding carboxylic acids is 6. The predicted molar refractivity (Wildman–Crippen MR) is 225 cm³/mol. The van der Waals surface area contributed by atoms with Gasteiger partial charge in [0.2, 0.25) is 18.2 Å². The molecule has 16 nitrogen and oxygen atoms in total. The molecule has 7 rings (SSSR count). The van der Waals surface area contributed by atoms with Crippen LogP contribution in [0.4, 0.5) is 33.7 Å². The summed E-state index contributed by atoms with van der Waals surface area (Å²) in [7, 11) is 0. The number of alkyl halides is 3. The van der Waals surface area contributed by atoms with Gasteiger partial charge in [-0.2, -0.15) is 13.2 Å². The van der Waals surface area contributed by atoms with Crippen molar-refractivity contribution in [3.63, 3.8) is 0 Å². The third-order valence-electron chi connectivity index (χ3n) is 12.3. The summed E-state index contributed by atoms with van der Waals surface area (Å²) < 4.78 is 60.7. The lowest BCUT2D eigenvalue weighted by Crippen LogP contribution is -2.55. The number of benzene rings is 3. The van der Waals surface area contributed by atoms with Crippen LogP contribution in [0, 0.1) is 5.82 Å². The van der Waals surface area contributed by atoms with E-state index in [4.69, 9.17) is 4.74 Å². The minimum atomic E-state index is -4.81. The van der Waals surface area contributed by atoms with Crippen LogP contribution in [0.1, 0.15) is 102 Å². The van der Waals surface area contributed by atoms with Gasteiger partial charge in [0.15, 0.2) is 5.60 Å². The second kappa shape index (κ2) is 19.5. The molecule has 3 heterocycles. The maximum atomic E-state index is 13.8. The maximum Gasteiger partial charge on any atom is 0.408 e. The third kappa shape index (κ3) is 10.2. The van der Waals surface area contributed by atoms with E-state index in [1.54, 1.807) is 36.4 Å². The van der Waals surface area contributed by atoms with Gasteiger partial charge in [-0.3, -0.25) is 33.8 Å². The Morgan fingerprint density at radius 2 is 1.57 bits per heavy atom. The number of rotatable bonds is 17. The number of hydrogen-bond donors (Lipinski definition) is 6. The molecule has 3 unspecified atom stereocenters. The van der Waals surface area contributed by atoms with Crippen molar-refractivity contribution in [2.75, 3.05) is 30.3 Å². The second-order valence-electron chi connectivity index (χ2n) is 16.7. The topological polar surface area (TPSA) is 210 Å². The number of imide groups is 1. The number of unbranched alkanes of at least 4 members (excludes halogenated alkanes) is 5. The van der Waals surface area contributed by atoms with Crippen molar-refractivity contribution >= 4 is 46.9 Å². The van der Waals surface area contributed by atoms with E-state index in [-0.39, 0.29) is 36.0 Å². The SMILES string of the molecule is C[C@H](N(Cc1ccc(F)cc1)C(=O)CN1C(=O)[C@]2(CCc3cc(NC(=O)NCCCCCCCCNc4ccc5c(c4)C(=O)N(C4CCC(O)NC4=O)C5=O)ccc32)OC1O)C(F)(F)F. The Morgan fingerprint density at radius 1 is 0.892 bits per heavy atom. The number of anilines is 2. The Labute approximate surface area is 371 Å². The Morgan fingerprint density at radius 3 is 2.28 bits per heavy atom. The molecule has 0 radical (unpaired) electrons. The highest BCUT2D eigenvalue weighted by atomic mass is 19.4. The molecule has 348 valence electrons. The first kappa shape index (κ1) is 46.9. The van der Waals surface area contributed by atoms with Gasteiger partial charge in [-0.1, -0.05) is 43.9 Å². The molecule has 2 saturated heterocycles. The number of nitrogens with zero attached hydrogens (tertiary/aromatic N) is 3. The fourth-order valence-corrected chi connectivity index (χ4v) is 8.72. The summed E-state index contributed by atoms with van der Waals surface area (Å²) in [6.07, 6.45) is -1.50. The number of carbonyl (C=O) groups is 6. The highest BCUT2D eigenvalue weighted by molar-refractivity contribution is 6.23. The molecule has 1 aliphatic carbocycles. The van der Waals surface area contributed by atoms with Crippen LogP contribution >= 0.6 is 0 Å². The zero-order valence-electron chi connectivity index (χ0n) is 35.6. The van der Waals surface area contributed by atoms with Crippen LogP contribution in [0.25, 0.3) is 0 Å². The van der Waals surface area contributed by atoms with E-state index < -0.39 is 91.0 Å². The summed E-state index contributed by atoms with van der Waals surface area (Å²) in [4.78, 5) is 80.5. The average molecular weight is 910 g/mol. The molecule has 65 heavy (non-hydrogen) atoms. The fourth-order valence-electron chi connectivity index (χ4n) is 8.72. The standard InChI is InChI=1S/C45H51F4N7O9/c1-26(45(47,48)49)54(24-27-8-10-29(46)11-9-27)37(58)25-55-41(62)44(65-43(55)64)19-18-28-22-31(13-15-34(28)44)52-42(63)51-21-7-5-3-2-4-6-20-50-30-12-14-32-33(23-30)40(61)56(39(32)60)35-16-17-36(57)53-38(35)59/h8-15,22-23,26,35-36,43,50,57,64H,2-7,16-21,24-25H2,1H3,(H,53,59)(H2,51,52,63)/t26-,35?,36?,43?,44+/m0/s1. The summed E-state index contributed by atoms with van der Waals surface area (Å²) in [5.74, 6) is -4.10. The van der Waals surface area contributed by atoms with E-state index in [2.05, 4.69) is 21.3 Å². The number of urea groups is 1. The Bertz CT molecular complexity index is 2320. The first-order valence-electron chi connectivity index (χ1n) is 21.7. The van der Waals surface area contributed by atoms with Crippen molar-refractivity contribution in [3.05, 3.63) is 94.3 Å². The molecule has 0 saturated carbocycles. The smallest absolute Gasteiger partial charge is 0.385 e. The van der Waals surface area contributed by atoms with E-state index in [1.165, 1.54) is 12.1 Å². The number of ether oxygens (including phenoxy) is 1. The van der Waals surface area contributed by atoms with Crippen molar-refractivity contribution in [2.45, 2.75) is 114 Å². The molecule has 3 aromatic carbocycles. The number of piperidine rings is 1. The van der Waals surface area contributed by atoms with E-state index in [0.717, 1.165) is 62.5 Å². The predicted octanol–water partition coefficient (Wildman–Crippen LogP) is 4.85. The lowest BCUT2D eigenvalue weighted by Gasteiger charge is -2.32. The number of aliphatic hydroxyl groups is 2. The van der Waals surface area contributed by atoms with E-state index in [9.17, 15) is 56.5 Å². The molecular formula is C45H51F4N7O9. The van der Waals surface area contributed by atoms with Gasteiger partial charge in [0, 0.05) is 31.0 Å². The minimum Gasteiger partial charge on any atom is -0.385 e. The lowest BCUT2D eigenvalue weighted by atomic mass is 9.94. The van der Waals surface area contributed by atoms with Gasteiger partial charge in [0.05, 0.1) is 11.1 Å². The van der Waals surface area contributed by atoms with Crippen LogP contribution in [-0.2, 0) is 37.7 Å². The zero-order valence-corrected chi connectivity index (χ0v) is 35.6. The van der Waals surface area contributed by atoms with E-state index in [1.807, 2.05) is 0 Å². The number of halogens is 4. The van der Waals surface area contributed by atoms with Gasteiger partial charge in [-0.15, -0.1) is 0 Å². The zero-order chi connectivity index (χ0) is 46.6. The van der Waals surface area contributed by atoms with E-state index >= 15 is 0 Å². The van der Waals surface area contributed by atoms with Crippen molar-refractivity contribution in [1.82, 2.24) is 25.3 Å². The number of amides is 7. The van der Waals surface area contributed by atoms with Gasteiger partial charge in [0.1, 0.15) is 30.7 Å². The van der Waals surface area contributed by atoms with Gasteiger partial charge in [-0.25, -0.2) is 9.18 Å². The summed E-state index contributed by atoms with van der Waals surface area (Å²) in [5.41, 5.74) is 1.22. The van der Waals surface area contributed by atoms with Crippen LogP contribution in [-0.4, -0.2) is 111 Å². The first-order valence-corrected chi connectivity index (χ1v) is 21.7. The molecule has 3 aliphatic heterocycles.